The second-order valence-electron chi connectivity index (χ2n) is 4.80. The summed E-state index contributed by atoms with van der Waals surface area (Å²) < 4.78 is 2.47. The van der Waals surface area contributed by atoms with Crippen LogP contribution in [-0.2, 0) is 0 Å². The van der Waals surface area contributed by atoms with Gasteiger partial charge in [0.15, 0.2) is 4.34 Å². The first kappa shape index (κ1) is 11.0. The molecule has 0 bridgehead atoms. The van der Waals surface area contributed by atoms with Crippen LogP contribution in [0.1, 0.15) is 20.8 Å². The third kappa shape index (κ3) is 2.95. The van der Waals surface area contributed by atoms with Gasteiger partial charge in [-0.05, 0) is 17.5 Å². The molecular weight excluding hydrogens is 222 g/mol. The number of rotatable bonds is 2. The number of thiazole rings is 1. The van der Waals surface area contributed by atoms with Crippen molar-refractivity contribution in [2.75, 3.05) is 5.75 Å². The van der Waals surface area contributed by atoms with Crippen LogP contribution in [0.3, 0.4) is 0 Å². The Kier molecular flexibility index (Phi) is 3.03. The van der Waals surface area contributed by atoms with Crippen molar-refractivity contribution >= 4 is 33.3 Å². The number of hydrogen-bond donors (Lipinski definition) is 0. The van der Waals surface area contributed by atoms with Gasteiger partial charge in [-0.2, -0.15) is 0 Å². The van der Waals surface area contributed by atoms with Gasteiger partial charge in [0, 0.05) is 5.75 Å². The summed E-state index contributed by atoms with van der Waals surface area (Å²) >= 11 is 3.65. The highest BCUT2D eigenvalue weighted by molar-refractivity contribution is 8.01. The lowest BCUT2D eigenvalue weighted by molar-refractivity contribution is 0.481. The first-order chi connectivity index (χ1) is 7.04. The number of para-hydroxylation sites is 1. The van der Waals surface area contributed by atoms with Crippen LogP contribution >= 0.6 is 23.1 Å². The maximum atomic E-state index is 4.60. The Bertz CT molecular complexity index is 421. The van der Waals surface area contributed by atoms with E-state index in [1.54, 1.807) is 11.3 Å². The van der Waals surface area contributed by atoms with Crippen molar-refractivity contribution in [2.24, 2.45) is 5.41 Å². The second-order valence-corrected chi connectivity index (χ2v) is 7.05. The van der Waals surface area contributed by atoms with Crippen molar-refractivity contribution in [2.45, 2.75) is 25.1 Å². The molecule has 1 heterocycles. The molecule has 0 fully saturated rings. The Hall–Kier alpha value is -0.540. The van der Waals surface area contributed by atoms with Gasteiger partial charge in [-0.1, -0.05) is 44.7 Å². The molecule has 0 saturated carbocycles. The summed E-state index contributed by atoms with van der Waals surface area (Å²) in [4.78, 5) is 4.60. The molecule has 0 spiro atoms. The second kappa shape index (κ2) is 4.14. The molecule has 0 radical (unpaired) electrons. The van der Waals surface area contributed by atoms with Gasteiger partial charge in [-0.3, -0.25) is 0 Å². The minimum Gasteiger partial charge on any atom is -0.230 e. The Morgan fingerprint density at radius 2 is 2.00 bits per heavy atom. The lowest BCUT2D eigenvalue weighted by Gasteiger charge is -2.15. The molecule has 0 aliphatic rings. The third-order valence-corrected chi connectivity index (χ3v) is 4.69. The molecule has 2 aromatic rings. The van der Waals surface area contributed by atoms with E-state index in [2.05, 4.69) is 44.0 Å². The van der Waals surface area contributed by atoms with Crippen LogP contribution in [0.2, 0.25) is 0 Å². The molecule has 80 valence electrons. The van der Waals surface area contributed by atoms with E-state index in [1.165, 1.54) is 9.04 Å². The average molecular weight is 237 g/mol. The molecule has 0 unspecified atom stereocenters. The number of thioether (sulfide) groups is 1. The van der Waals surface area contributed by atoms with Crippen molar-refractivity contribution in [1.29, 1.82) is 0 Å². The van der Waals surface area contributed by atoms with Crippen molar-refractivity contribution in [3.63, 3.8) is 0 Å². The summed E-state index contributed by atoms with van der Waals surface area (Å²) in [6.07, 6.45) is 0. The van der Waals surface area contributed by atoms with Gasteiger partial charge >= 0.3 is 0 Å². The molecule has 0 saturated heterocycles. The highest BCUT2D eigenvalue weighted by atomic mass is 32.2. The maximum Gasteiger partial charge on any atom is 0.151 e. The summed E-state index contributed by atoms with van der Waals surface area (Å²) in [5, 5.41) is 0. The Labute approximate surface area is 98.9 Å². The zero-order valence-electron chi connectivity index (χ0n) is 9.28. The highest BCUT2D eigenvalue weighted by Crippen LogP contribution is 2.32. The van der Waals surface area contributed by atoms with Crippen LogP contribution in [0.4, 0.5) is 0 Å². The van der Waals surface area contributed by atoms with Gasteiger partial charge < -0.3 is 0 Å². The van der Waals surface area contributed by atoms with E-state index in [4.69, 9.17) is 0 Å². The molecule has 2 rings (SSSR count). The molecule has 0 amide bonds. The predicted octanol–water partition coefficient (Wildman–Crippen LogP) is 4.43. The molecule has 0 N–H and O–H groups in total. The van der Waals surface area contributed by atoms with E-state index in [-0.39, 0.29) is 0 Å². The number of aromatic nitrogens is 1. The minimum atomic E-state index is 0.364. The highest BCUT2D eigenvalue weighted by Gasteiger charge is 2.12. The van der Waals surface area contributed by atoms with Crippen molar-refractivity contribution in [1.82, 2.24) is 4.98 Å². The van der Waals surface area contributed by atoms with E-state index in [0.717, 1.165) is 11.3 Å². The third-order valence-electron chi connectivity index (χ3n) is 1.90. The smallest absolute Gasteiger partial charge is 0.151 e. The number of hydrogen-bond acceptors (Lipinski definition) is 3. The summed E-state index contributed by atoms with van der Waals surface area (Å²) in [7, 11) is 0. The topological polar surface area (TPSA) is 12.9 Å². The zero-order chi connectivity index (χ0) is 10.9. The van der Waals surface area contributed by atoms with Gasteiger partial charge in [0.1, 0.15) is 0 Å². The average Bonchev–Trinajstić information content (AvgIpc) is 2.56. The fourth-order valence-corrected chi connectivity index (χ4v) is 3.29. The minimum absolute atomic E-state index is 0.364. The first-order valence-electron chi connectivity index (χ1n) is 5.03. The quantitative estimate of drug-likeness (QED) is 0.716. The fraction of sp³-hybridized carbons (Fsp3) is 0.417. The lowest BCUT2D eigenvalue weighted by atomic mass is 10.0. The predicted molar refractivity (Wildman–Crippen MR) is 69.8 cm³/mol. The summed E-state index contributed by atoms with van der Waals surface area (Å²) in [6, 6.07) is 8.32. The van der Waals surface area contributed by atoms with Crippen molar-refractivity contribution in [3.05, 3.63) is 24.3 Å². The summed E-state index contributed by atoms with van der Waals surface area (Å²) in [6.45, 7) is 6.77. The Balaban J connectivity index is 2.16. The number of fused-ring (bicyclic) bond motifs is 1. The van der Waals surface area contributed by atoms with Crippen molar-refractivity contribution < 1.29 is 0 Å². The molecule has 0 aliphatic carbocycles. The summed E-state index contributed by atoms with van der Waals surface area (Å²) in [5.41, 5.74) is 1.49. The molecular formula is C12H15NS2. The first-order valence-corrected chi connectivity index (χ1v) is 6.83. The van der Waals surface area contributed by atoms with Gasteiger partial charge in [-0.15, -0.1) is 11.3 Å². The molecule has 1 aromatic heterocycles. The van der Waals surface area contributed by atoms with Crippen molar-refractivity contribution in [3.8, 4) is 0 Å². The van der Waals surface area contributed by atoms with E-state index in [9.17, 15) is 0 Å². The van der Waals surface area contributed by atoms with Gasteiger partial charge in [0.2, 0.25) is 0 Å². The molecule has 3 heteroatoms. The van der Waals surface area contributed by atoms with Crippen LogP contribution in [0.25, 0.3) is 10.2 Å². The normalized spacial score (nSPS) is 12.2. The molecule has 0 aliphatic heterocycles. The monoisotopic (exact) mass is 237 g/mol. The Morgan fingerprint density at radius 1 is 1.27 bits per heavy atom. The maximum absolute atomic E-state index is 4.60. The van der Waals surface area contributed by atoms with Crippen LogP contribution in [0.15, 0.2) is 28.6 Å². The van der Waals surface area contributed by atoms with Crippen LogP contribution in [0, 0.1) is 5.41 Å². The molecule has 0 atom stereocenters. The Morgan fingerprint density at radius 3 is 2.67 bits per heavy atom. The number of benzene rings is 1. The van der Waals surface area contributed by atoms with E-state index in [1.807, 2.05) is 17.8 Å². The molecule has 15 heavy (non-hydrogen) atoms. The van der Waals surface area contributed by atoms with E-state index >= 15 is 0 Å². The van der Waals surface area contributed by atoms with Gasteiger partial charge in [-0.25, -0.2) is 4.98 Å². The largest absolute Gasteiger partial charge is 0.230 e. The van der Waals surface area contributed by atoms with Gasteiger partial charge in [0.25, 0.3) is 0 Å². The van der Waals surface area contributed by atoms with E-state index in [0.29, 0.717) is 5.41 Å². The standard InChI is InChI=1S/C12H15NS2/c1-12(2,3)8-14-11-13-9-6-4-5-7-10(9)15-11/h4-7H,8H2,1-3H3. The zero-order valence-corrected chi connectivity index (χ0v) is 10.9. The van der Waals surface area contributed by atoms with Crippen LogP contribution < -0.4 is 0 Å². The van der Waals surface area contributed by atoms with Crippen LogP contribution in [-0.4, -0.2) is 10.7 Å². The lowest BCUT2D eigenvalue weighted by Crippen LogP contribution is -2.07. The molecule has 1 nitrogen and oxygen atoms in total. The van der Waals surface area contributed by atoms with Crippen LogP contribution in [0.5, 0.6) is 0 Å². The fourth-order valence-electron chi connectivity index (χ4n) is 1.19. The SMILES string of the molecule is CC(C)(C)CSc1nc2ccccc2s1. The van der Waals surface area contributed by atoms with Gasteiger partial charge in [0.05, 0.1) is 10.2 Å². The summed E-state index contributed by atoms with van der Waals surface area (Å²) in [5.74, 6) is 1.12. The van der Waals surface area contributed by atoms with E-state index < -0.39 is 0 Å². The number of nitrogens with zero attached hydrogens (tertiary/aromatic N) is 1. The molecule has 1 aromatic carbocycles.